The molecular weight excluding hydrogens is 192 g/mol. The highest BCUT2D eigenvalue weighted by Crippen LogP contribution is 1.81. The number of carbonyl (C=O) groups excluding carboxylic acids is 1. The Morgan fingerprint density at radius 1 is 1.53 bits per heavy atom. The van der Waals surface area contributed by atoms with Gasteiger partial charge in [0.25, 0.3) is 0 Å². The number of unbranched alkanes of at least 4 members (excludes halogenated alkanes) is 1. The summed E-state index contributed by atoms with van der Waals surface area (Å²) >= 11 is 0. The lowest BCUT2D eigenvalue weighted by Gasteiger charge is -2.04. The van der Waals surface area contributed by atoms with Gasteiger partial charge >= 0.3 is 0 Å². The average Bonchev–Trinajstić information content (AvgIpc) is 2.24. The minimum absolute atomic E-state index is 0.0544. The highest BCUT2D eigenvalue weighted by Gasteiger charge is 1.97. The van der Waals surface area contributed by atoms with Crippen molar-refractivity contribution in [1.29, 1.82) is 0 Å². The van der Waals surface area contributed by atoms with E-state index in [0.717, 1.165) is 19.4 Å². The zero-order valence-electron chi connectivity index (χ0n) is 9.25. The van der Waals surface area contributed by atoms with Crippen LogP contribution in [0, 0.1) is 0 Å². The summed E-state index contributed by atoms with van der Waals surface area (Å²) in [6.07, 6.45) is 3.75. The highest BCUT2D eigenvalue weighted by atomic mass is 16.1. The molecule has 0 bridgehead atoms. The summed E-state index contributed by atoms with van der Waals surface area (Å²) in [5, 5.41) is 5.53. The number of nitrogens with zero attached hydrogens (tertiary/aromatic N) is 1. The fourth-order valence-corrected chi connectivity index (χ4v) is 0.848. The van der Waals surface area contributed by atoms with Gasteiger partial charge in [0.05, 0.1) is 0 Å². The molecule has 0 heterocycles. The van der Waals surface area contributed by atoms with E-state index in [0.29, 0.717) is 12.5 Å². The summed E-state index contributed by atoms with van der Waals surface area (Å²) in [6, 6.07) is 0. The van der Waals surface area contributed by atoms with Crippen molar-refractivity contribution >= 4 is 11.9 Å². The second kappa shape index (κ2) is 9.05. The molecule has 0 aromatic carbocycles. The number of carbonyl (C=O) groups is 1. The van der Waals surface area contributed by atoms with Crippen molar-refractivity contribution in [2.24, 2.45) is 10.7 Å². The van der Waals surface area contributed by atoms with E-state index in [1.165, 1.54) is 0 Å². The lowest BCUT2D eigenvalue weighted by atomic mass is 10.3. The van der Waals surface area contributed by atoms with Crippen molar-refractivity contribution in [3.63, 3.8) is 0 Å². The molecule has 0 rings (SSSR count). The minimum atomic E-state index is -0.157. The Hall–Kier alpha value is -1.52. The Bertz CT molecular complexity index is 225. The molecule has 0 unspecified atom stereocenters. The first-order chi connectivity index (χ1) is 7.20. The van der Waals surface area contributed by atoms with E-state index < -0.39 is 0 Å². The van der Waals surface area contributed by atoms with Crippen LogP contribution >= 0.6 is 0 Å². The van der Waals surface area contributed by atoms with Gasteiger partial charge in [0, 0.05) is 13.1 Å². The maximum Gasteiger partial charge on any atom is 0.242 e. The third-order valence-corrected chi connectivity index (χ3v) is 1.67. The molecule has 86 valence electrons. The summed E-state index contributed by atoms with van der Waals surface area (Å²) in [5.74, 6) is 0.160. The molecule has 0 atom stereocenters. The third kappa shape index (κ3) is 8.80. The molecule has 5 nitrogen and oxygen atoms in total. The summed E-state index contributed by atoms with van der Waals surface area (Å²) in [7, 11) is 0. The van der Waals surface area contributed by atoms with Gasteiger partial charge in [-0.1, -0.05) is 19.4 Å². The lowest BCUT2D eigenvalue weighted by Crippen LogP contribution is -2.34. The molecule has 5 heteroatoms. The molecule has 0 fully saturated rings. The van der Waals surface area contributed by atoms with Gasteiger partial charge in [-0.05, 0) is 6.42 Å². The van der Waals surface area contributed by atoms with E-state index in [1.54, 1.807) is 6.08 Å². The first-order valence-corrected chi connectivity index (χ1v) is 5.12. The fourth-order valence-electron chi connectivity index (χ4n) is 0.848. The van der Waals surface area contributed by atoms with E-state index >= 15 is 0 Å². The van der Waals surface area contributed by atoms with Crippen LogP contribution in [0.2, 0.25) is 0 Å². The molecule has 1 amide bonds. The molecule has 0 aliphatic carbocycles. The Morgan fingerprint density at radius 2 is 2.27 bits per heavy atom. The molecule has 0 spiro atoms. The Labute approximate surface area is 90.8 Å². The van der Waals surface area contributed by atoms with Crippen LogP contribution in [0.4, 0.5) is 0 Å². The maximum absolute atomic E-state index is 11.1. The van der Waals surface area contributed by atoms with E-state index in [9.17, 15) is 4.79 Å². The van der Waals surface area contributed by atoms with Gasteiger partial charge in [0.1, 0.15) is 6.54 Å². The number of hydrogen-bond donors (Lipinski definition) is 3. The molecular formula is C10H20N4O. The van der Waals surface area contributed by atoms with Crippen molar-refractivity contribution in [2.45, 2.75) is 19.8 Å². The third-order valence-electron chi connectivity index (χ3n) is 1.67. The number of aliphatic imine (C=N–C) groups is 1. The number of nitrogens with two attached hydrogens (primary N) is 1. The molecule has 0 aromatic rings. The average molecular weight is 212 g/mol. The molecule has 0 aliphatic heterocycles. The molecule has 15 heavy (non-hydrogen) atoms. The van der Waals surface area contributed by atoms with E-state index in [-0.39, 0.29) is 12.5 Å². The van der Waals surface area contributed by atoms with Crippen LogP contribution < -0.4 is 16.4 Å². The maximum atomic E-state index is 11.1. The Balaban J connectivity index is 3.63. The van der Waals surface area contributed by atoms with Crippen molar-refractivity contribution in [2.75, 3.05) is 19.6 Å². The van der Waals surface area contributed by atoms with Crippen molar-refractivity contribution < 1.29 is 4.79 Å². The topological polar surface area (TPSA) is 79.5 Å². The van der Waals surface area contributed by atoms with Crippen LogP contribution in [-0.4, -0.2) is 31.5 Å². The molecule has 0 aliphatic rings. The predicted octanol–water partition coefficient (Wildman–Crippen LogP) is -0.00700. The normalized spacial score (nSPS) is 10.9. The zero-order valence-corrected chi connectivity index (χ0v) is 9.25. The SMILES string of the molecule is C=CCNC(=O)CN=C(N)NCCCC. The van der Waals surface area contributed by atoms with Gasteiger partial charge in [-0.2, -0.15) is 0 Å². The summed E-state index contributed by atoms with van der Waals surface area (Å²) in [5.41, 5.74) is 5.53. The lowest BCUT2D eigenvalue weighted by molar-refractivity contribution is -0.119. The quantitative estimate of drug-likeness (QED) is 0.240. The van der Waals surface area contributed by atoms with Crippen molar-refractivity contribution in [3.05, 3.63) is 12.7 Å². The molecule has 0 radical (unpaired) electrons. The first-order valence-electron chi connectivity index (χ1n) is 5.12. The molecule has 0 aromatic heterocycles. The Kier molecular flexibility index (Phi) is 8.13. The standard InChI is InChI=1S/C10H20N4O/c1-3-5-7-13-10(11)14-8-9(15)12-6-4-2/h4H,2-3,5-8H2,1H3,(H,12,15)(H3,11,13,14). The molecule has 4 N–H and O–H groups in total. The van der Waals surface area contributed by atoms with Gasteiger partial charge in [0.15, 0.2) is 5.96 Å². The summed E-state index contributed by atoms with van der Waals surface area (Å²) < 4.78 is 0. The number of guanidine groups is 1. The number of hydrogen-bond acceptors (Lipinski definition) is 2. The molecule has 0 saturated heterocycles. The smallest absolute Gasteiger partial charge is 0.242 e. The van der Waals surface area contributed by atoms with Crippen molar-refractivity contribution in [3.8, 4) is 0 Å². The second-order valence-electron chi connectivity index (χ2n) is 3.07. The second-order valence-corrected chi connectivity index (χ2v) is 3.07. The van der Waals surface area contributed by atoms with Crippen LogP contribution in [-0.2, 0) is 4.79 Å². The number of rotatable bonds is 7. The predicted molar refractivity (Wildman–Crippen MR) is 62.6 cm³/mol. The van der Waals surface area contributed by atoms with Crippen LogP contribution in [0.3, 0.4) is 0 Å². The van der Waals surface area contributed by atoms with E-state index in [4.69, 9.17) is 5.73 Å². The van der Waals surface area contributed by atoms with Gasteiger partial charge in [0.2, 0.25) is 5.91 Å². The summed E-state index contributed by atoms with van der Waals surface area (Å²) in [6.45, 7) is 6.89. The summed E-state index contributed by atoms with van der Waals surface area (Å²) in [4.78, 5) is 15.0. The number of amides is 1. The monoisotopic (exact) mass is 212 g/mol. The van der Waals surface area contributed by atoms with Crippen LogP contribution in [0.1, 0.15) is 19.8 Å². The van der Waals surface area contributed by atoms with Gasteiger partial charge in [-0.15, -0.1) is 6.58 Å². The van der Waals surface area contributed by atoms with Crippen LogP contribution in [0.15, 0.2) is 17.6 Å². The minimum Gasteiger partial charge on any atom is -0.370 e. The van der Waals surface area contributed by atoms with Gasteiger partial charge in [-0.3, -0.25) is 4.79 Å². The zero-order chi connectivity index (χ0) is 11.5. The van der Waals surface area contributed by atoms with Crippen molar-refractivity contribution in [1.82, 2.24) is 10.6 Å². The highest BCUT2D eigenvalue weighted by molar-refractivity contribution is 5.83. The first kappa shape index (κ1) is 13.5. The van der Waals surface area contributed by atoms with E-state index in [2.05, 4.69) is 29.1 Å². The van der Waals surface area contributed by atoms with E-state index in [1.807, 2.05) is 0 Å². The largest absolute Gasteiger partial charge is 0.370 e. The number of nitrogens with one attached hydrogen (secondary N) is 2. The van der Waals surface area contributed by atoms with Crippen LogP contribution in [0.25, 0.3) is 0 Å². The Morgan fingerprint density at radius 3 is 2.87 bits per heavy atom. The fraction of sp³-hybridized carbons (Fsp3) is 0.600. The molecule has 0 saturated carbocycles. The van der Waals surface area contributed by atoms with Crippen LogP contribution in [0.5, 0.6) is 0 Å². The van der Waals surface area contributed by atoms with Gasteiger partial charge < -0.3 is 16.4 Å². The van der Waals surface area contributed by atoms with Gasteiger partial charge in [-0.25, -0.2) is 4.99 Å².